The second kappa shape index (κ2) is 7.68. The molecule has 0 atom stereocenters. The third kappa shape index (κ3) is 6.16. The number of anilines is 1. The van der Waals surface area contributed by atoms with Crippen LogP contribution in [-0.4, -0.2) is 17.6 Å². The van der Waals surface area contributed by atoms with Crippen LogP contribution in [0.15, 0.2) is 47.1 Å². The maximum atomic E-state index is 11.9. The van der Waals surface area contributed by atoms with Crippen molar-refractivity contribution in [3.05, 3.63) is 54.0 Å². The zero-order chi connectivity index (χ0) is 17.6. The predicted octanol–water partition coefficient (Wildman–Crippen LogP) is 3.49. The van der Waals surface area contributed by atoms with Gasteiger partial charge < -0.3 is 14.5 Å². The number of benzene rings is 1. The third-order valence-corrected chi connectivity index (χ3v) is 3.00. The summed E-state index contributed by atoms with van der Waals surface area (Å²) in [5.41, 5.74) is 0.918. The quantitative estimate of drug-likeness (QED) is 0.879. The Kier molecular flexibility index (Phi) is 5.63. The predicted molar refractivity (Wildman–Crippen MR) is 90.6 cm³/mol. The second-order valence-corrected chi connectivity index (χ2v) is 6.36. The van der Waals surface area contributed by atoms with Crippen LogP contribution in [0.3, 0.4) is 0 Å². The van der Waals surface area contributed by atoms with Crippen molar-refractivity contribution in [2.24, 2.45) is 0 Å². The highest BCUT2D eigenvalue weighted by atomic mass is 16.6. The van der Waals surface area contributed by atoms with Gasteiger partial charge in [-0.05, 0) is 50.6 Å². The van der Waals surface area contributed by atoms with Gasteiger partial charge in [0.15, 0.2) is 0 Å². The normalized spacial score (nSPS) is 11.0. The van der Waals surface area contributed by atoms with Gasteiger partial charge in [-0.2, -0.15) is 0 Å². The van der Waals surface area contributed by atoms with Crippen molar-refractivity contribution < 1.29 is 18.7 Å². The molecule has 0 spiro atoms. The molecule has 1 aromatic heterocycles. The molecular formula is C18H22N2O4. The summed E-state index contributed by atoms with van der Waals surface area (Å²) in [5, 5.41) is 5.43. The number of ether oxygens (including phenoxy) is 1. The van der Waals surface area contributed by atoms with Crippen LogP contribution in [0.2, 0.25) is 0 Å². The van der Waals surface area contributed by atoms with Crippen LogP contribution in [0.4, 0.5) is 10.5 Å². The number of carbonyl (C=O) groups is 2. The summed E-state index contributed by atoms with van der Waals surface area (Å²) < 4.78 is 10.3. The Hall–Kier alpha value is -2.76. The van der Waals surface area contributed by atoms with Gasteiger partial charge in [0.05, 0.1) is 19.2 Å². The second-order valence-electron chi connectivity index (χ2n) is 6.36. The highest BCUT2D eigenvalue weighted by molar-refractivity contribution is 5.85. The molecule has 2 amide bonds. The van der Waals surface area contributed by atoms with Gasteiger partial charge in [-0.3, -0.25) is 10.1 Å². The van der Waals surface area contributed by atoms with E-state index in [2.05, 4.69) is 10.6 Å². The summed E-state index contributed by atoms with van der Waals surface area (Å²) in [6.45, 7) is 5.77. The Morgan fingerprint density at radius 1 is 1.12 bits per heavy atom. The van der Waals surface area contributed by atoms with E-state index in [1.54, 1.807) is 63.4 Å². The molecule has 0 saturated heterocycles. The smallest absolute Gasteiger partial charge is 0.412 e. The molecule has 2 N–H and O–H groups in total. The SMILES string of the molecule is CC(C)(C)OC(=O)Nc1ccc(CC(=O)NCc2ccco2)cc1. The van der Waals surface area contributed by atoms with E-state index in [1.165, 1.54) is 0 Å². The molecule has 0 unspecified atom stereocenters. The lowest BCUT2D eigenvalue weighted by Gasteiger charge is -2.19. The van der Waals surface area contributed by atoms with E-state index in [0.29, 0.717) is 18.0 Å². The van der Waals surface area contributed by atoms with Crippen LogP contribution in [0.5, 0.6) is 0 Å². The lowest BCUT2D eigenvalue weighted by atomic mass is 10.1. The van der Waals surface area contributed by atoms with E-state index in [-0.39, 0.29) is 12.3 Å². The van der Waals surface area contributed by atoms with Gasteiger partial charge in [0.25, 0.3) is 0 Å². The van der Waals surface area contributed by atoms with Crippen molar-refractivity contribution >= 4 is 17.7 Å². The molecular weight excluding hydrogens is 308 g/mol. The van der Waals surface area contributed by atoms with E-state index >= 15 is 0 Å². The highest BCUT2D eigenvalue weighted by Gasteiger charge is 2.16. The number of carbonyl (C=O) groups excluding carboxylic acids is 2. The van der Waals surface area contributed by atoms with Crippen molar-refractivity contribution in [1.29, 1.82) is 0 Å². The standard InChI is InChI=1S/C18H22N2O4/c1-18(2,3)24-17(22)20-14-8-6-13(7-9-14)11-16(21)19-12-15-5-4-10-23-15/h4-10H,11-12H2,1-3H3,(H,19,21)(H,20,22). The van der Waals surface area contributed by atoms with Gasteiger partial charge in [0.2, 0.25) is 5.91 Å². The van der Waals surface area contributed by atoms with Gasteiger partial charge in [-0.15, -0.1) is 0 Å². The molecule has 2 rings (SSSR count). The Balaban J connectivity index is 1.81. The van der Waals surface area contributed by atoms with Gasteiger partial charge in [0.1, 0.15) is 11.4 Å². The van der Waals surface area contributed by atoms with Crippen molar-refractivity contribution in [2.45, 2.75) is 39.3 Å². The fourth-order valence-corrected chi connectivity index (χ4v) is 1.97. The topological polar surface area (TPSA) is 80.6 Å². The molecule has 6 nitrogen and oxygen atoms in total. The zero-order valence-electron chi connectivity index (χ0n) is 14.1. The molecule has 2 aromatic rings. The highest BCUT2D eigenvalue weighted by Crippen LogP contribution is 2.13. The van der Waals surface area contributed by atoms with Gasteiger partial charge in [-0.1, -0.05) is 12.1 Å². The average Bonchev–Trinajstić information content (AvgIpc) is 2.98. The lowest BCUT2D eigenvalue weighted by Crippen LogP contribution is -2.27. The molecule has 0 fully saturated rings. The average molecular weight is 330 g/mol. The molecule has 0 bridgehead atoms. The maximum Gasteiger partial charge on any atom is 0.412 e. The monoisotopic (exact) mass is 330 g/mol. The first-order valence-electron chi connectivity index (χ1n) is 7.70. The molecule has 1 heterocycles. The summed E-state index contributed by atoms with van der Waals surface area (Å²) in [7, 11) is 0. The summed E-state index contributed by atoms with van der Waals surface area (Å²) in [6.07, 6.45) is 1.32. The number of hydrogen-bond acceptors (Lipinski definition) is 4. The van der Waals surface area contributed by atoms with E-state index in [4.69, 9.17) is 9.15 Å². The fraction of sp³-hybridized carbons (Fsp3) is 0.333. The Bertz CT molecular complexity index is 670. The number of nitrogens with one attached hydrogen (secondary N) is 2. The van der Waals surface area contributed by atoms with Crippen molar-refractivity contribution in [1.82, 2.24) is 5.32 Å². The van der Waals surface area contributed by atoms with E-state index in [9.17, 15) is 9.59 Å². The first-order chi connectivity index (χ1) is 11.3. The summed E-state index contributed by atoms with van der Waals surface area (Å²) in [6, 6.07) is 10.6. The van der Waals surface area contributed by atoms with E-state index < -0.39 is 11.7 Å². The molecule has 0 saturated carbocycles. The first-order valence-corrected chi connectivity index (χ1v) is 7.70. The van der Waals surface area contributed by atoms with Gasteiger partial charge in [-0.25, -0.2) is 4.79 Å². The van der Waals surface area contributed by atoms with Crippen molar-refractivity contribution in [3.8, 4) is 0 Å². The molecule has 0 aliphatic rings. The molecule has 0 aliphatic heterocycles. The minimum atomic E-state index is -0.546. The van der Waals surface area contributed by atoms with E-state index in [0.717, 1.165) is 5.56 Å². The zero-order valence-corrected chi connectivity index (χ0v) is 14.1. The van der Waals surface area contributed by atoms with Crippen LogP contribution in [0, 0.1) is 0 Å². The first kappa shape index (κ1) is 17.6. The summed E-state index contributed by atoms with van der Waals surface area (Å²) >= 11 is 0. The molecule has 128 valence electrons. The van der Waals surface area contributed by atoms with Crippen LogP contribution in [-0.2, 0) is 22.5 Å². The van der Waals surface area contributed by atoms with E-state index in [1.807, 2.05) is 0 Å². The van der Waals surface area contributed by atoms with Crippen LogP contribution >= 0.6 is 0 Å². The van der Waals surface area contributed by atoms with Gasteiger partial charge in [0, 0.05) is 5.69 Å². The number of furan rings is 1. The largest absolute Gasteiger partial charge is 0.467 e. The third-order valence-electron chi connectivity index (χ3n) is 3.00. The van der Waals surface area contributed by atoms with Crippen LogP contribution in [0.1, 0.15) is 32.1 Å². The Morgan fingerprint density at radius 3 is 2.42 bits per heavy atom. The van der Waals surface area contributed by atoms with Crippen molar-refractivity contribution in [2.75, 3.05) is 5.32 Å². The minimum absolute atomic E-state index is 0.0979. The number of hydrogen-bond donors (Lipinski definition) is 2. The Morgan fingerprint density at radius 2 is 1.83 bits per heavy atom. The molecule has 6 heteroatoms. The summed E-state index contributed by atoms with van der Waals surface area (Å²) in [5.74, 6) is 0.611. The molecule has 24 heavy (non-hydrogen) atoms. The minimum Gasteiger partial charge on any atom is -0.467 e. The van der Waals surface area contributed by atoms with Crippen molar-refractivity contribution in [3.63, 3.8) is 0 Å². The van der Waals surface area contributed by atoms with Gasteiger partial charge >= 0.3 is 6.09 Å². The van der Waals surface area contributed by atoms with Crippen LogP contribution < -0.4 is 10.6 Å². The Labute approximate surface area is 141 Å². The lowest BCUT2D eigenvalue weighted by molar-refractivity contribution is -0.120. The maximum absolute atomic E-state index is 11.9. The molecule has 0 aliphatic carbocycles. The van der Waals surface area contributed by atoms with Crippen LogP contribution in [0.25, 0.3) is 0 Å². The summed E-state index contributed by atoms with van der Waals surface area (Å²) in [4.78, 5) is 23.6. The number of rotatable bonds is 5. The fourth-order valence-electron chi connectivity index (χ4n) is 1.97. The molecule has 1 aromatic carbocycles. The molecule has 0 radical (unpaired) electrons. The number of amides is 2.